The fourth-order valence-electron chi connectivity index (χ4n) is 4.04. The monoisotopic (exact) mass is 581 g/mol. The molecular formula is C27H18F3N5O7. The van der Waals surface area contributed by atoms with Gasteiger partial charge in [0.25, 0.3) is 11.8 Å². The normalized spacial score (nSPS) is 11.0. The van der Waals surface area contributed by atoms with E-state index in [0.29, 0.717) is 6.07 Å². The summed E-state index contributed by atoms with van der Waals surface area (Å²) in [4.78, 5) is 49.1. The van der Waals surface area contributed by atoms with Crippen molar-refractivity contribution in [3.05, 3.63) is 76.5 Å². The summed E-state index contributed by atoms with van der Waals surface area (Å²) >= 11 is 0. The van der Waals surface area contributed by atoms with E-state index in [1.54, 1.807) is 6.07 Å². The predicted molar refractivity (Wildman–Crippen MR) is 140 cm³/mol. The number of hydrogen-bond acceptors (Lipinski definition) is 8. The molecule has 3 aromatic carbocycles. The SMILES string of the molecule is CNC(=O)c1cc2onc(C(=O)Nc3ccc(C#N)cc3C(=O)O)c2cc1-c1ccc(NC(=O)OC)cc1C(F)(F)F. The molecule has 1 heterocycles. The Morgan fingerprint density at radius 3 is 2.33 bits per heavy atom. The lowest BCUT2D eigenvalue weighted by molar-refractivity contribution is -0.137. The molecule has 0 saturated carbocycles. The van der Waals surface area contributed by atoms with Gasteiger partial charge in [0.2, 0.25) is 0 Å². The van der Waals surface area contributed by atoms with Crippen molar-refractivity contribution in [1.82, 2.24) is 10.5 Å². The highest BCUT2D eigenvalue weighted by molar-refractivity contribution is 6.14. The molecule has 12 nitrogen and oxygen atoms in total. The lowest BCUT2D eigenvalue weighted by atomic mass is 9.92. The van der Waals surface area contributed by atoms with E-state index in [4.69, 9.17) is 9.78 Å². The average Bonchev–Trinajstić information content (AvgIpc) is 3.38. The van der Waals surface area contributed by atoms with Crippen molar-refractivity contribution in [2.24, 2.45) is 0 Å². The minimum atomic E-state index is -4.95. The van der Waals surface area contributed by atoms with Crippen LogP contribution in [0.15, 0.2) is 53.1 Å². The van der Waals surface area contributed by atoms with E-state index in [0.717, 1.165) is 31.4 Å². The van der Waals surface area contributed by atoms with Crippen LogP contribution in [-0.2, 0) is 10.9 Å². The van der Waals surface area contributed by atoms with E-state index in [1.807, 2.05) is 0 Å². The molecular weight excluding hydrogens is 563 g/mol. The number of hydrogen-bond donors (Lipinski definition) is 4. The van der Waals surface area contributed by atoms with Crippen molar-refractivity contribution in [2.45, 2.75) is 6.18 Å². The maximum absolute atomic E-state index is 14.2. The third-order valence-corrected chi connectivity index (χ3v) is 5.97. The fourth-order valence-corrected chi connectivity index (χ4v) is 4.04. The second-order valence-electron chi connectivity index (χ2n) is 8.51. The van der Waals surface area contributed by atoms with Crippen LogP contribution in [0, 0.1) is 11.3 Å². The predicted octanol–water partition coefficient (Wildman–Crippen LogP) is 4.87. The molecule has 4 aromatic rings. The van der Waals surface area contributed by atoms with Crippen molar-refractivity contribution in [3.63, 3.8) is 0 Å². The Hall–Kier alpha value is -5.91. The van der Waals surface area contributed by atoms with E-state index < -0.39 is 52.4 Å². The topological polar surface area (TPSA) is 184 Å². The minimum absolute atomic E-state index is 0.0249. The summed E-state index contributed by atoms with van der Waals surface area (Å²) in [6, 6.07) is 10.4. The van der Waals surface area contributed by atoms with E-state index in [9.17, 15) is 37.5 Å². The summed E-state index contributed by atoms with van der Waals surface area (Å²) in [7, 11) is 2.30. The molecule has 1 aromatic heterocycles. The number of halogens is 3. The Labute approximate surface area is 233 Å². The summed E-state index contributed by atoms with van der Waals surface area (Å²) < 4.78 is 52.2. The molecule has 3 amide bonds. The number of carbonyl (C=O) groups is 4. The summed E-state index contributed by atoms with van der Waals surface area (Å²) in [6.45, 7) is 0. The minimum Gasteiger partial charge on any atom is -0.478 e. The van der Waals surface area contributed by atoms with Crippen molar-refractivity contribution in [1.29, 1.82) is 5.26 Å². The molecule has 0 spiro atoms. The van der Waals surface area contributed by atoms with Crippen LogP contribution in [0.5, 0.6) is 0 Å². The number of amides is 3. The van der Waals surface area contributed by atoms with Crippen molar-refractivity contribution in [2.75, 3.05) is 24.8 Å². The van der Waals surface area contributed by atoms with Gasteiger partial charge in [-0.05, 0) is 53.6 Å². The number of alkyl halides is 3. The van der Waals surface area contributed by atoms with Gasteiger partial charge >= 0.3 is 18.2 Å². The number of ether oxygens (including phenoxy) is 1. The smallest absolute Gasteiger partial charge is 0.417 e. The zero-order valence-electron chi connectivity index (χ0n) is 21.5. The molecule has 0 aliphatic rings. The molecule has 0 unspecified atom stereocenters. The number of carboxylic acid groups (broad SMARTS) is 1. The highest BCUT2D eigenvalue weighted by Crippen LogP contribution is 2.41. The first-order valence-electron chi connectivity index (χ1n) is 11.7. The Morgan fingerprint density at radius 1 is 0.976 bits per heavy atom. The van der Waals surface area contributed by atoms with Crippen LogP contribution in [0.3, 0.4) is 0 Å². The Morgan fingerprint density at radius 2 is 1.71 bits per heavy atom. The fraction of sp³-hybridized carbons (Fsp3) is 0.111. The Kier molecular flexibility index (Phi) is 7.82. The number of fused-ring (bicyclic) bond motifs is 1. The van der Waals surface area contributed by atoms with Gasteiger partial charge < -0.3 is 25.0 Å². The molecule has 0 atom stereocenters. The van der Waals surface area contributed by atoms with Crippen molar-refractivity contribution in [3.8, 4) is 17.2 Å². The molecule has 15 heteroatoms. The molecule has 42 heavy (non-hydrogen) atoms. The first-order valence-corrected chi connectivity index (χ1v) is 11.7. The van der Waals surface area contributed by atoms with Crippen LogP contribution in [0.2, 0.25) is 0 Å². The summed E-state index contributed by atoms with van der Waals surface area (Å²) in [6.07, 6.45) is -5.95. The maximum atomic E-state index is 14.2. The number of nitriles is 1. The van der Waals surface area contributed by atoms with E-state index >= 15 is 0 Å². The van der Waals surface area contributed by atoms with Gasteiger partial charge in [-0.2, -0.15) is 18.4 Å². The summed E-state index contributed by atoms with van der Waals surface area (Å²) in [5.41, 5.74) is -3.51. The van der Waals surface area contributed by atoms with Crippen LogP contribution in [0.25, 0.3) is 22.1 Å². The Bertz CT molecular complexity index is 1810. The van der Waals surface area contributed by atoms with E-state index in [-0.39, 0.29) is 39.0 Å². The number of nitrogens with one attached hydrogen (secondary N) is 3. The van der Waals surface area contributed by atoms with Crippen LogP contribution in [0.4, 0.5) is 29.3 Å². The molecule has 0 bridgehead atoms. The summed E-state index contributed by atoms with van der Waals surface area (Å²) in [5, 5.41) is 29.0. The number of rotatable bonds is 6. The molecule has 214 valence electrons. The molecule has 0 saturated heterocycles. The number of carbonyl (C=O) groups excluding carboxylic acids is 3. The first-order chi connectivity index (χ1) is 19.9. The highest BCUT2D eigenvalue weighted by atomic mass is 19.4. The van der Waals surface area contributed by atoms with Crippen LogP contribution >= 0.6 is 0 Å². The molecule has 0 aliphatic carbocycles. The number of anilines is 2. The molecule has 4 N–H and O–H groups in total. The zero-order valence-corrected chi connectivity index (χ0v) is 21.5. The number of aromatic nitrogens is 1. The van der Waals surface area contributed by atoms with Gasteiger partial charge in [0.05, 0.1) is 46.5 Å². The van der Waals surface area contributed by atoms with Gasteiger partial charge in [0, 0.05) is 12.7 Å². The zero-order chi connectivity index (χ0) is 30.8. The molecule has 0 fully saturated rings. The third-order valence-electron chi connectivity index (χ3n) is 5.97. The number of benzene rings is 3. The van der Waals surface area contributed by atoms with Crippen LogP contribution in [0.1, 0.15) is 42.3 Å². The van der Waals surface area contributed by atoms with Gasteiger partial charge in [-0.25, -0.2) is 9.59 Å². The number of aromatic carboxylic acids is 1. The Balaban J connectivity index is 1.88. The van der Waals surface area contributed by atoms with E-state index in [1.165, 1.54) is 25.2 Å². The van der Waals surface area contributed by atoms with Gasteiger partial charge in [0.15, 0.2) is 11.3 Å². The third kappa shape index (κ3) is 5.68. The summed E-state index contributed by atoms with van der Waals surface area (Å²) in [5.74, 6) is -3.19. The van der Waals surface area contributed by atoms with Gasteiger partial charge in [-0.3, -0.25) is 14.9 Å². The largest absolute Gasteiger partial charge is 0.478 e. The number of nitrogens with zero attached hydrogens (tertiary/aromatic N) is 2. The number of methoxy groups -OCH3 is 1. The lowest BCUT2D eigenvalue weighted by Gasteiger charge is -2.17. The van der Waals surface area contributed by atoms with Crippen molar-refractivity contribution >= 4 is 46.2 Å². The number of carboxylic acids is 1. The van der Waals surface area contributed by atoms with Crippen molar-refractivity contribution < 1.29 is 46.7 Å². The highest BCUT2D eigenvalue weighted by Gasteiger charge is 2.35. The second kappa shape index (κ2) is 11.3. The maximum Gasteiger partial charge on any atom is 0.417 e. The molecule has 4 rings (SSSR count). The van der Waals surface area contributed by atoms with Gasteiger partial charge in [-0.15, -0.1) is 0 Å². The standard InChI is InChI=1S/C27H18F3N5O7/c1-32-23(36)16-10-21-18(9-15(16)14-5-4-13(33-26(40)41-2)8-19(14)27(28,29)30)22(35-42-21)24(37)34-20-6-3-12(11-31)7-17(20)25(38)39/h3-10H,1-2H3,(H,32,36)(H,33,40)(H,34,37)(H,38,39). The molecule has 0 radical (unpaired) electrons. The first kappa shape index (κ1) is 29.1. The van der Waals surface area contributed by atoms with E-state index in [2.05, 4.69) is 25.8 Å². The molecule has 0 aliphatic heterocycles. The average molecular weight is 581 g/mol. The quantitative estimate of drug-likeness (QED) is 0.247. The van der Waals surface area contributed by atoms with Crippen LogP contribution in [-0.4, -0.2) is 48.3 Å². The lowest BCUT2D eigenvalue weighted by Crippen LogP contribution is -2.19. The second-order valence-corrected chi connectivity index (χ2v) is 8.51. The van der Waals surface area contributed by atoms with Gasteiger partial charge in [-0.1, -0.05) is 11.2 Å². The van der Waals surface area contributed by atoms with Gasteiger partial charge in [0.1, 0.15) is 0 Å². The van der Waals surface area contributed by atoms with Crippen LogP contribution < -0.4 is 16.0 Å².